The van der Waals surface area contributed by atoms with Gasteiger partial charge in [-0.3, -0.25) is 4.79 Å². The summed E-state index contributed by atoms with van der Waals surface area (Å²) in [5, 5.41) is 13.2. The van der Waals surface area contributed by atoms with Crippen molar-refractivity contribution in [1.82, 2.24) is 5.43 Å². The summed E-state index contributed by atoms with van der Waals surface area (Å²) >= 11 is 0. The van der Waals surface area contributed by atoms with Gasteiger partial charge in [-0.25, -0.2) is 5.43 Å². The molecule has 5 nitrogen and oxygen atoms in total. The van der Waals surface area contributed by atoms with Gasteiger partial charge in [-0.05, 0) is 54.9 Å². The van der Waals surface area contributed by atoms with Crippen molar-refractivity contribution in [2.45, 2.75) is 40.0 Å². The van der Waals surface area contributed by atoms with Gasteiger partial charge < -0.3 is 4.74 Å². The average Bonchev–Trinajstić information content (AvgIpc) is 2.91. The molecule has 0 radical (unpaired) electrons. The number of ether oxygens (including phenoxy) is 1. The number of hydrogen-bond acceptors (Lipinski definition) is 4. The molecule has 0 heterocycles. The second-order valence-electron chi connectivity index (χ2n) is 7.51. The lowest BCUT2D eigenvalue weighted by atomic mass is 9.70. The van der Waals surface area contributed by atoms with E-state index in [4.69, 9.17) is 10.00 Å². The first-order chi connectivity index (χ1) is 11.4. The molecule has 1 amide bonds. The quantitative estimate of drug-likeness (QED) is 0.863. The Morgan fingerprint density at radius 3 is 2.62 bits per heavy atom. The molecule has 0 saturated heterocycles. The minimum atomic E-state index is -0.268. The molecule has 3 rings (SSSR count). The summed E-state index contributed by atoms with van der Waals surface area (Å²) in [6.45, 7) is 6.79. The largest absolute Gasteiger partial charge is 0.484 e. The molecule has 0 aromatic heterocycles. The van der Waals surface area contributed by atoms with Gasteiger partial charge >= 0.3 is 0 Å². The van der Waals surface area contributed by atoms with E-state index in [0.29, 0.717) is 17.2 Å². The summed E-state index contributed by atoms with van der Waals surface area (Å²) in [6.07, 6.45) is 3.36. The molecule has 1 N–H and O–H groups in total. The van der Waals surface area contributed by atoms with Crippen molar-refractivity contribution in [3.05, 3.63) is 29.8 Å². The minimum Gasteiger partial charge on any atom is -0.484 e. The van der Waals surface area contributed by atoms with E-state index >= 15 is 0 Å². The predicted molar refractivity (Wildman–Crippen MR) is 91.5 cm³/mol. The van der Waals surface area contributed by atoms with Crippen molar-refractivity contribution in [2.75, 3.05) is 6.61 Å². The first-order valence-electron chi connectivity index (χ1n) is 8.35. The van der Waals surface area contributed by atoms with Crippen molar-refractivity contribution in [1.29, 1.82) is 5.26 Å². The molecule has 0 aliphatic heterocycles. The number of amides is 1. The fraction of sp³-hybridized carbons (Fsp3) is 0.526. The molecule has 1 aromatic rings. The highest BCUT2D eigenvalue weighted by Crippen LogP contribution is 2.63. The number of rotatable bonds is 4. The van der Waals surface area contributed by atoms with E-state index in [-0.39, 0.29) is 23.3 Å². The molecule has 5 heteroatoms. The summed E-state index contributed by atoms with van der Waals surface area (Å²) < 4.78 is 5.42. The van der Waals surface area contributed by atoms with Crippen LogP contribution in [-0.2, 0) is 4.79 Å². The molecule has 0 unspecified atom stereocenters. The average molecular weight is 325 g/mol. The van der Waals surface area contributed by atoms with Gasteiger partial charge in [0, 0.05) is 11.1 Å². The molecule has 2 saturated carbocycles. The van der Waals surface area contributed by atoms with E-state index in [9.17, 15) is 4.79 Å². The highest BCUT2D eigenvalue weighted by Gasteiger charge is 2.59. The third kappa shape index (κ3) is 2.66. The summed E-state index contributed by atoms with van der Waals surface area (Å²) in [5.41, 5.74) is 4.63. The number of hydrogen-bond donors (Lipinski definition) is 1. The third-order valence-electron chi connectivity index (χ3n) is 6.18. The fourth-order valence-corrected chi connectivity index (χ4v) is 4.03. The standard InChI is InChI=1S/C19H23N3O2/c1-18(2)14-8-9-19(18,3)16(10-14)21-22-17(23)12-24-15-6-4-13(11-20)5-7-15/h4-7,14H,8-10,12H2,1-3H3,(H,22,23)/b21-16+/t14-,19+/m1/s1. The third-order valence-corrected chi connectivity index (χ3v) is 6.18. The van der Waals surface area contributed by atoms with Gasteiger partial charge in [0.25, 0.3) is 5.91 Å². The highest BCUT2D eigenvalue weighted by atomic mass is 16.5. The normalized spacial score (nSPS) is 28.6. The van der Waals surface area contributed by atoms with Gasteiger partial charge in [-0.2, -0.15) is 10.4 Å². The molecule has 2 fully saturated rings. The van der Waals surface area contributed by atoms with Crippen molar-refractivity contribution >= 4 is 11.6 Å². The lowest BCUT2D eigenvalue weighted by Crippen LogP contribution is -2.35. The summed E-state index contributed by atoms with van der Waals surface area (Å²) in [6, 6.07) is 8.71. The Hall–Kier alpha value is -2.35. The van der Waals surface area contributed by atoms with Crippen LogP contribution in [0.25, 0.3) is 0 Å². The maximum atomic E-state index is 12.0. The van der Waals surface area contributed by atoms with Crippen LogP contribution in [0, 0.1) is 28.1 Å². The highest BCUT2D eigenvalue weighted by molar-refractivity contribution is 5.95. The molecular formula is C19H23N3O2. The van der Waals surface area contributed by atoms with Gasteiger partial charge in [0.05, 0.1) is 11.6 Å². The number of nitrogens with zero attached hydrogens (tertiary/aromatic N) is 2. The molecule has 2 aliphatic rings. The van der Waals surface area contributed by atoms with Crippen LogP contribution < -0.4 is 10.2 Å². The van der Waals surface area contributed by atoms with E-state index in [2.05, 4.69) is 31.3 Å². The lowest BCUT2D eigenvalue weighted by Gasteiger charge is -2.34. The van der Waals surface area contributed by atoms with Gasteiger partial charge in [-0.15, -0.1) is 0 Å². The number of nitrogens with one attached hydrogen (secondary N) is 1. The molecule has 2 atom stereocenters. The monoisotopic (exact) mass is 325 g/mol. The Kier molecular flexibility index (Phi) is 4.08. The topological polar surface area (TPSA) is 74.5 Å². The van der Waals surface area contributed by atoms with Gasteiger partial charge in [0.1, 0.15) is 5.75 Å². The van der Waals surface area contributed by atoms with Gasteiger partial charge in [-0.1, -0.05) is 20.8 Å². The summed E-state index contributed by atoms with van der Waals surface area (Å²) in [7, 11) is 0. The minimum absolute atomic E-state index is 0.0823. The van der Waals surface area contributed by atoms with E-state index in [1.807, 2.05) is 6.07 Å². The number of benzene rings is 1. The van der Waals surface area contributed by atoms with Crippen LogP contribution in [0.15, 0.2) is 29.4 Å². The molecule has 2 aliphatic carbocycles. The molecule has 2 bridgehead atoms. The SMILES string of the molecule is CC1(C)[C@@H]2CC[C@@]1(C)/C(=N/NC(=O)COc1ccc(C#N)cc1)C2. The Bertz CT molecular complexity index is 715. The van der Waals surface area contributed by atoms with E-state index in [0.717, 1.165) is 18.6 Å². The van der Waals surface area contributed by atoms with Crippen molar-refractivity contribution in [3.8, 4) is 11.8 Å². The first-order valence-corrected chi connectivity index (χ1v) is 8.35. The Morgan fingerprint density at radius 2 is 2.08 bits per heavy atom. The summed E-state index contributed by atoms with van der Waals surface area (Å²) in [4.78, 5) is 12.0. The predicted octanol–water partition coefficient (Wildman–Crippen LogP) is 3.26. The maximum absolute atomic E-state index is 12.0. The molecule has 0 spiro atoms. The molecule has 126 valence electrons. The van der Waals surface area contributed by atoms with Crippen LogP contribution >= 0.6 is 0 Å². The van der Waals surface area contributed by atoms with E-state index < -0.39 is 0 Å². The van der Waals surface area contributed by atoms with Crippen molar-refractivity contribution in [2.24, 2.45) is 21.8 Å². The second kappa shape index (κ2) is 5.94. The lowest BCUT2D eigenvalue weighted by molar-refractivity contribution is -0.123. The number of carbonyl (C=O) groups is 1. The Morgan fingerprint density at radius 1 is 1.38 bits per heavy atom. The molecule has 24 heavy (non-hydrogen) atoms. The first kappa shape index (κ1) is 16.5. The zero-order chi connectivity index (χ0) is 17.4. The second-order valence-corrected chi connectivity index (χ2v) is 7.51. The van der Waals surface area contributed by atoms with Crippen molar-refractivity contribution in [3.63, 3.8) is 0 Å². The Balaban J connectivity index is 1.55. The van der Waals surface area contributed by atoms with Crippen LogP contribution in [-0.4, -0.2) is 18.2 Å². The van der Waals surface area contributed by atoms with Crippen molar-refractivity contribution < 1.29 is 9.53 Å². The van der Waals surface area contributed by atoms with Crippen LogP contribution in [0.4, 0.5) is 0 Å². The molecular weight excluding hydrogens is 302 g/mol. The van der Waals surface area contributed by atoms with Crippen LogP contribution in [0.3, 0.4) is 0 Å². The van der Waals surface area contributed by atoms with Crippen LogP contribution in [0.5, 0.6) is 5.75 Å². The van der Waals surface area contributed by atoms with Gasteiger partial charge in [0.15, 0.2) is 6.61 Å². The van der Waals surface area contributed by atoms with Gasteiger partial charge in [0.2, 0.25) is 0 Å². The number of hydrazone groups is 1. The fourth-order valence-electron chi connectivity index (χ4n) is 4.03. The zero-order valence-electron chi connectivity index (χ0n) is 14.4. The van der Waals surface area contributed by atoms with E-state index in [1.54, 1.807) is 24.3 Å². The van der Waals surface area contributed by atoms with Crippen LogP contribution in [0.2, 0.25) is 0 Å². The zero-order valence-corrected chi connectivity index (χ0v) is 14.4. The van der Waals surface area contributed by atoms with Crippen LogP contribution in [0.1, 0.15) is 45.6 Å². The smallest absolute Gasteiger partial charge is 0.277 e. The Labute approximate surface area is 142 Å². The van der Waals surface area contributed by atoms with E-state index in [1.165, 1.54) is 6.42 Å². The number of carbonyl (C=O) groups excluding carboxylic acids is 1. The molecule has 1 aromatic carbocycles. The summed E-state index contributed by atoms with van der Waals surface area (Å²) in [5.74, 6) is 0.953. The number of nitriles is 1. The maximum Gasteiger partial charge on any atom is 0.277 e. The number of fused-ring (bicyclic) bond motifs is 2.